The van der Waals surface area contributed by atoms with E-state index < -0.39 is 5.97 Å². The van der Waals surface area contributed by atoms with Crippen LogP contribution in [0.5, 0.6) is 0 Å². The molecule has 0 atom stereocenters. The minimum atomic E-state index is -0.985. The van der Waals surface area contributed by atoms with Crippen LogP contribution in [-0.2, 0) is 11.3 Å². The van der Waals surface area contributed by atoms with Gasteiger partial charge in [0, 0.05) is 12.2 Å². The van der Waals surface area contributed by atoms with Crippen LogP contribution in [-0.4, -0.2) is 32.9 Å². The predicted molar refractivity (Wildman–Crippen MR) is 57.2 cm³/mol. The molecule has 0 saturated heterocycles. The first-order chi connectivity index (χ1) is 7.47. The Morgan fingerprint density at radius 2 is 2.25 bits per heavy atom. The van der Waals surface area contributed by atoms with E-state index in [0.717, 1.165) is 0 Å². The number of aromatic nitrogens is 2. The van der Waals surface area contributed by atoms with Gasteiger partial charge in [-0.15, -0.1) is 0 Å². The maximum absolute atomic E-state index is 11.3. The molecule has 0 aliphatic carbocycles. The Balaban J connectivity index is 2.51. The van der Waals surface area contributed by atoms with Crippen molar-refractivity contribution in [3.63, 3.8) is 0 Å². The van der Waals surface area contributed by atoms with Gasteiger partial charge in [0.2, 0.25) is 0 Å². The van der Waals surface area contributed by atoms with Gasteiger partial charge >= 0.3 is 12.0 Å². The first kappa shape index (κ1) is 12.0. The van der Waals surface area contributed by atoms with Crippen LogP contribution < -0.4 is 10.6 Å². The smallest absolute Gasteiger partial charge is 0.325 e. The lowest BCUT2D eigenvalue weighted by molar-refractivity contribution is -0.137. The molecule has 7 heteroatoms. The van der Waals surface area contributed by atoms with Crippen molar-refractivity contribution in [1.82, 2.24) is 15.1 Å². The molecule has 0 saturated carbocycles. The van der Waals surface area contributed by atoms with Gasteiger partial charge in [-0.3, -0.25) is 9.48 Å². The second-order valence-electron chi connectivity index (χ2n) is 3.57. The predicted octanol–water partition coefficient (Wildman–Crippen LogP) is 0.498. The molecular weight excluding hydrogens is 212 g/mol. The number of carbonyl (C=O) groups is 2. The Morgan fingerprint density at radius 1 is 1.56 bits per heavy atom. The standard InChI is InChI=1S/C9H14N4O3/c1-6(2)11-9(16)12-7-3-10-13(4-7)5-8(14)15/h3-4,6H,5H2,1-2H3,(H,14,15)(H2,11,12,16). The second kappa shape index (κ2) is 5.15. The number of aliphatic carboxylic acids is 1. The molecule has 0 unspecified atom stereocenters. The highest BCUT2D eigenvalue weighted by molar-refractivity contribution is 5.89. The van der Waals surface area contributed by atoms with Gasteiger partial charge in [-0.1, -0.05) is 0 Å². The Labute approximate surface area is 92.4 Å². The number of urea groups is 1. The number of anilines is 1. The van der Waals surface area contributed by atoms with Gasteiger partial charge in [0.05, 0.1) is 11.9 Å². The lowest BCUT2D eigenvalue weighted by atomic mass is 10.4. The lowest BCUT2D eigenvalue weighted by Crippen LogP contribution is -2.34. The summed E-state index contributed by atoms with van der Waals surface area (Å²) in [5.41, 5.74) is 0.458. The number of nitrogens with zero attached hydrogens (tertiary/aromatic N) is 2. The topological polar surface area (TPSA) is 96.3 Å². The molecular formula is C9H14N4O3. The average Bonchev–Trinajstić information content (AvgIpc) is 2.49. The van der Waals surface area contributed by atoms with Crippen LogP contribution in [0.3, 0.4) is 0 Å². The Morgan fingerprint density at radius 3 is 2.81 bits per heavy atom. The SMILES string of the molecule is CC(C)NC(=O)Nc1cnn(CC(=O)O)c1. The summed E-state index contributed by atoms with van der Waals surface area (Å²) in [6, 6.07) is -0.307. The largest absolute Gasteiger partial charge is 0.480 e. The molecule has 0 aromatic carbocycles. The molecule has 3 N–H and O–H groups in total. The zero-order valence-corrected chi connectivity index (χ0v) is 9.10. The number of carbonyl (C=O) groups excluding carboxylic acids is 1. The molecule has 0 spiro atoms. The van der Waals surface area contributed by atoms with Crippen molar-refractivity contribution in [2.24, 2.45) is 0 Å². The number of hydrogen-bond donors (Lipinski definition) is 3. The van der Waals surface area contributed by atoms with Crippen molar-refractivity contribution in [2.75, 3.05) is 5.32 Å². The minimum Gasteiger partial charge on any atom is -0.480 e. The van der Waals surface area contributed by atoms with E-state index >= 15 is 0 Å². The number of rotatable bonds is 4. The lowest BCUT2D eigenvalue weighted by Gasteiger charge is -2.07. The fourth-order valence-corrected chi connectivity index (χ4v) is 1.08. The van der Waals surface area contributed by atoms with Crippen molar-refractivity contribution < 1.29 is 14.7 Å². The zero-order valence-electron chi connectivity index (χ0n) is 9.10. The summed E-state index contributed by atoms with van der Waals surface area (Å²) in [5, 5.41) is 17.5. The first-order valence-corrected chi connectivity index (χ1v) is 4.79. The average molecular weight is 226 g/mol. The number of hydrogen-bond acceptors (Lipinski definition) is 3. The van der Waals surface area contributed by atoms with E-state index in [9.17, 15) is 9.59 Å². The van der Waals surface area contributed by atoms with E-state index in [4.69, 9.17) is 5.11 Å². The Kier molecular flexibility index (Phi) is 3.87. The van der Waals surface area contributed by atoms with Gasteiger partial charge in [-0.2, -0.15) is 5.10 Å². The molecule has 0 fully saturated rings. The van der Waals surface area contributed by atoms with E-state index in [1.54, 1.807) is 0 Å². The molecule has 2 amide bonds. The minimum absolute atomic E-state index is 0.0362. The van der Waals surface area contributed by atoms with Crippen molar-refractivity contribution in [3.05, 3.63) is 12.4 Å². The molecule has 0 aliphatic heterocycles. The van der Waals surface area contributed by atoms with Gasteiger partial charge in [-0.25, -0.2) is 4.79 Å². The van der Waals surface area contributed by atoms with Crippen LogP contribution in [0.4, 0.5) is 10.5 Å². The zero-order chi connectivity index (χ0) is 12.1. The Bertz CT molecular complexity index is 386. The molecule has 1 aromatic rings. The molecule has 0 aliphatic rings. The normalized spacial score (nSPS) is 10.2. The third kappa shape index (κ3) is 3.99. The van der Waals surface area contributed by atoms with Crippen LogP contribution in [0.15, 0.2) is 12.4 Å². The van der Waals surface area contributed by atoms with Gasteiger partial charge in [0.25, 0.3) is 0 Å². The molecule has 16 heavy (non-hydrogen) atoms. The maximum Gasteiger partial charge on any atom is 0.325 e. The molecule has 0 radical (unpaired) electrons. The number of carboxylic acid groups (broad SMARTS) is 1. The van der Waals surface area contributed by atoms with Gasteiger partial charge in [0.1, 0.15) is 6.54 Å². The number of nitrogens with one attached hydrogen (secondary N) is 2. The summed E-state index contributed by atoms with van der Waals surface area (Å²) < 4.78 is 1.23. The third-order valence-corrected chi connectivity index (χ3v) is 1.61. The van der Waals surface area contributed by atoms with Crippen molar-refractivity contribution in [3.8, 4) is 0 Å². The summed E-state index contributed by atoms with van der Waals surface area (Å²) in [6.45, 7) is 3.45. The van der Waals surface area contributed by atoms with Crippen molar-refractivity contribution in [2.45, 2.75) is 26.4 Å². The fraction of sp³-hybridized carbons (Fsp3) is 0.444. The fourth-order valence-electron chi connectivity index (χ4n) is 1.08. The second-order valence-corrected chi connectivity index (χ2v) is 3.57. The highest BCUT2D eigenvalue weighted by atomic mass is 16.4. The summed E-state index contributed by atoms with van der Waals surface area (Å²) in [7, 11) is 0. The quantitative estimate of drug-likeness (QED) is 0.696. The van der Waals surface area contributed by atoms with E-state index in [2.05, 4.69) is 15.7 Å². The van der Waals surface area contributed by atoms with E-state index in [0.29, 0.717) is 5.69 Å². The van der Waals surface area contributed by atoms with Gasteiger partial charge < -0.3 is 15.7 Å². The molecule has 1 rings (SSSR count). The van der Waals surface area contributed by atoms with Crippen molar-refractivity contribution in [1.29, 1.82) is 0 Å². The maximum atomic E-state index is 11.3. The van der Waals surface area contributed by atoms with Crippen LogP contribution in [0, 0.1) is 0 Å². The third-order valence-electron chi connectivity index (χ3n) is 1.61. The van der Waals surface area contributed by atoms with Crippen LogP contribution in [0.2, 0.25) is 0 Å². The highest BCUT2D eigenvalue weighted by Gasteiger charge is 2.06. The van der Waals surface area contributed by atoms with Crippen LogP contribution >= 0.6 is 0 Å². The molecule has 1 aromatic heterocycles. The van der Waals surface area contributed by atoms with Crippen LogP contribution in [0.25, 0.3) is 0 Å². The van der Waals surface area contributed by atoms with E-state index in [1.807, 2.05) is 13.8 Å². The Hall–Kier alpha value is -2.05. The summed E-state index contributed by atoms with van der Waals surface area (Å²) >= 11 is 0. The molecule has 1 heterocycles. The van der Waals surface area contributed by atoms with Gasteiger partial charge in [0.15, 0.2) is 0 Å². The number of carboxylic acids is 1. The van der Waals surface area contributed by atoms with Gasteiger partial charge in [-0.05, 0) is 13.8 Å². The summed E-state index contributed by atoms with van der Waals surface area (Å²) in [5.74, 6) is -0.985. The molecule has 0 bridgehead atoms. The molecule has 88 valence electrons. The monoisotopic (exact) mass is 226 g/mol. The summed E-state index contributed by atoms with van der Waals surface area (Å²) in [6.07, 6.45) is 2.84. The highest BCUT2D eigenvalue weighted by Crippen LogP contribution is 2.04. The van der Waals surface area contributed by atoms with E-state index in [-0.39, 0.29) is 18.6 Å². The summed E-state index contributed by atoms with van der Waals surface area (Å²) in [4.78, 5) is 21.7. The van der Waals surface area contributed by atoms with Crippen molar-refractivity contribution >= 4 is 17.7 Å². The molecule has 7 nitrogen and oxygen atoms in total. The number of amides is 2. The van der Waals surface area contributed by atoms with E-state index in [1.165, 1.54) is 17.1 Å². The first-order valence-electron chi connectivity index (χ1n) is 4.79. The van der Waals surface area contributed by atoms with Crippen LogP contribution in [0.1, 0.15) is 13.8 Å².